The van der Waals surface area contributed by atoms with Crippen molar-refractivity contribution in [2.45, 2.75) is 76.5 Å². The van der Waals surface area contributed by atoms with Crippen LogP contribution in [0.3, 0.4) is 0 Å². The predicted octanol–water partition coefficient (Wildman–Crippen LogP) is 3.81. The first-order valence-corrected chi connectivity index (χ1v) is 11.3. The highest BCUT2D eigenvalue weighted by Gasteiger charge is 2.51. The Morgan fingerprint density at radius 3 is 2.59 bits per heavy atom. The number of rotatable bonds is 7. The Morgan fingerprint density at radius 1 is 1.16 bits per heavy atom. The number of aryl methyl sites for hydroxylation is 1. The maximum atomic E-state index is 12.5. The fraction of sp³-hybridized carbons (Fsp3) is 0.560. The lowest BCUT2D eigenvalue weighted by atomic mass is 9.75. The second-order valence-corrected chi connectivity index (χ2v) is 9.80. The monoisotopic (exact) mass is 440 g/mol. The fourth-order valence-electron chi connectivity index (χ4n) is 4.92. The summed E-state index contributed by atoms with van der Waals surface area (Å²) in [6.07, 6.45) is 5.47. The molecule has 2 aliphatic rings. The van der Waals surface area contributed by atoms with Crippen LogP contribution in [0, 0.1) is 5.92 Å². The quantitative estimate of drug-likeness (QED) is 0.659. The number of carbonyl (C=O) groups is 2. The van der Waals surface area contributed by atoms with Gasteiger partial charge in [0.1, 0.15) is 6.26 Å². The number of esters is 1. The molecule has 1 aromatic carbocycles. The number of carbonyl (C=O) groups excluding carboxylic acids is 2. The van der Waals surface area contributed by atoms with Crippen LogP contribution in [0.5, 0.6) is 0 Å². The first kappa shape index (κ1) is 22.5. The molecule has 32 heavy (non-hydrogen) atoms. The summed E-state index contributed by atoms with van der Waals surface area (Å²) >= 11 is 0. The topological polar surface area (TPSA) is 90.7 Å². The summed E-state index contributed by atoms with van der Waals surface area (Å²) in [7, 11) is 1.41. The minimum absolute atomic E-state index is 0.0126. The van der Waals surface area contributed by atoms with Crippen LogP contribution in [0.15, 0.2) is 34.9 Å². The van der Waals surface area contributed by atoms with E-state index in [4.69, 9.17) is 13.9 Å². The molecule has 1 aromatic heterocycles. The molecule has 1 amide bonds. The zero-order chi connectivity index (χ0) is 22.9. The van der Waals surface area contributed by atoms with Crippen molar-refractivity contribution in [2.75, 3.05) is 7.11 Å². The number of methoxy groups -OCH3 is 1. The van der Waals surface area contributed by atoms with Gasteiger partial charge in [0.05, 0.1) is 25.2 Å². The summed E-state index contributed by atoms with van der Waals surface area (Å²) in [6.45, 7) is 5.80. The van der Waals surface area contributed by atoms with Gasteiger partial charge >= 0.3 is 5.97 Å². The van der Waals surface area contributed by atoms with E-state index in [1.807, 2.05) is 32.9 Å². The molecular formula is C25H32N2O5. The van der Waals surface area contributed by atoms with Crippen LogP contribution < -0.4 is 5.32 Å². The predicted molar refractivity (Wildman–Crippen MR) is 118 cm³/mol. The van der Waals surface area contributed by atoms with Crippen LogP contribution in [0.2, 0.25) is 0 Å². The van der Waals surface area contributed by atoms with Crippen molar-refractivity contribution < 1.29 is 23.5 Å². The molecule has 2 fully saturated rings. The second-order valence-electron chi connectivity index (χ2n) is 9.80. The normalized spacial score (nSPS) is 24.5. The third kappa shape index (κ3) is 4.88. The molecule has 7 heteroatoms. The Balaban J connectivity index is 1.53. The van der Waals surface area contributed by atoms with Gasteiger partial charge in [-0.1, -0.05) is 24.3 Å². The number of hydrogen-bond donors (Lipinski definition) is 1. The van der Waals surface area contributed by atoms with Crippen LogP contribution in [0.4, 0.5) is 0 Å². The van der Waals surface area contributed by atoms with Crippen LogP contribution in [-0.2, 0) is 27.1 Å². The molecule has 7 nitrogen and oxygen atoms in total. The standard InChI is InChI=1S/C25H32N2O5/c1-25(2,3)27-23(29)18-14-31-24(26-18)22-17(19-10-11-20(22)32-19)13-16-8-6-5-7-15(16)9-12-21(28)30-4/h5-8,14,17,19-20,22H,9-13H2,1-4H3,(H,27,29)/t17-,19-,20+,22-/m0/s1. The third-order valence-electron chi connectivity index (χ3n) is 6.35. The SMILES string of the molecule is COC(=O)CCc1ccccc1C[C@@H]1[C@H](c2nc(C(=O)NC(C)(C)C)co2)[C@H]2CC[C@@H]1O2. The Morgan fingerprint density at radius 2 is 1.88 bits per heavy atom. The molecule has 0 aliphatic carbocycles. The largest absolute Gasteiger partial charge is 0.469 e. The Bertz CT molecular complexity index is 977. The maximum Gasteiger partial charge on any atom is 0.305 e. The van der Waals surface area contributed by atoms with Gasteiger partial charge < -0.3 is 19.2 Å². The number of nitrogens with one attached hydrogen (secondary N) is 1. The second kappa shape index (κ2) is 9.06. The summed E-state index contributed by atoms with van der Waals surface area (Å²) < 4.78 is 16.9. The molecular weight excluding hydrogens is 408 g/mol. The van der Waals surface area contributed by atoms with Crippen molar-refractivity contribution in [3.8, 4) is 0 Å². The summed E-state index contributed by atoms with van der Waals surface area (Å²) in [5.41, 5.74) is 2.31. The molecule has 4 atom stereocenters. The average Bonchev–Trinajstić information content (AvgIpc) is 3.48. The van der Waals surface area contributed by atoms with E-state index in [1.165, 1.54) is 18.9 Å². The van der Waals surface area contributed by atoms with Crippen molar-refractivity contribution in [3.05, 3.63) is 53.2 Å². The van der Waals surface area contributed by atoms with Gasteiger partial charge in [-0.25, -0.2) is 4.98 Å². The number of oxazole rings is 1. The van der Waals surface area contributed by atoms with E-state index < -0.39 is 0 Å². The molecule has 2 aliphatic heterocycles. The number of ether oxygens (including phenoxy) is 2. The third-order valence-corrected chi connectivity index (χ3v) is 6.35. The van der Waals surface area contributed by atoms with Gasteiger partial charge in [0.25, 0.3) is 5.91 Å². The van der Waals surface area contributed by atoms with Gasteiger partial charge in [0.15, 0.2) is 5.69 Å². The molecule has 1 N–H and O–H groups in total. The zero-order valence-corrected chi connectivity index (χ0v) is 19.2. The van der Waals surface area contributed by atoms with Crippen molar-refractivity contribution >= 4 is 11.9 Å². The molecule has 0 spiro atoms. The van der Waals surface area contributed by atoms with E-state index >= 15 is 0 Å². The van der Waals surface area contributed by atoms with Gasteiger partial charge in [-0.05, 0) is 57.6 Å². The molecule has 172 valence electrons. The van der Waals surface area contributed by atoms with Gasteiger partial charge in [0, 0.05) is 17.9 Å². The van der Waals surface area contributed by atoms with Crippen molar-refractivity contribution in [2.24, 2.45) is 5.92 Å². The van der Waals surface area contributed by atoms with Gasteiger partial charge in [-0.2, -0.15) is 0 Å². The Hall–Kier alpha value is -2.67. The Labute approximate surface area is 188 Å². The van der Waals surface area contributed by atoms with Gasteiger partial charge in [0.2, 0.25) is 5.89 Å². The molecule has 3 heterocycles. The van der Waals surface area contributed by atoms with Gasteiger partial charge in [-0.15, -0.1) is 0 Å². The number of amides is 1. The van der Waals surface area contributed by atoms with Crippen molar-refractivity contribution in [1.82, 2.24) is 10.3 Å². The number of aromatic nitrogens is 1. The molecule has 2 saturated heterocycles. The summed E-state index contributed by atoms with van der Waals surface area (Å²) in [5.74, 6) is 0.361. The zero-order valence-electron chi connectivity index (χ0n) is 19.2. The highest BCUT2D eigenvalue weighted by molar-refractivity contribution is 5.92. The molecule has 2 bridgehead atoms. The lowest BCUT2D eigenvalue weighted by Crippen LogP contribution is -2.40. The van der Waals surface area contributed by atoms with Crippen LogP contribution in [0.25, 0.3) is 0 Å². The number of hydrogen-bond acceptors (Lipinski definition) is 6. The minimum Gasteiger partial charge on any atom is -0.469 e. The van der Waals surface area contributed by atoms with Crippen molar-refractivity contribution in [3.63, 3.8) is 0 Å². The summed E-state index contributed by atoms with van der Waals surface area (Å²) in [5, 5.41) is 2.93. The van der Waals surface area contributed by atoms with E-state index in [0.717, 1.165) is 24.8 Å². The average molecular weight is 441 g/mol. The van der Waals surface area contributed by atoms with Crippen LogP contribution in [-0.4, -0.2) is 41.7 Å². The number of fused-ring (bicyclic) bond motifs is 2. The van der Waals surface area contributed by atoms with Crippen LogP contribution in [0.1, 0.15) is 73.5 Å². The van der Waals surface area contributed by atoms with Gasteiger partial charge in [-0.3, -0.25) is 9.59 Å². The molecule has 4 rings (SSSR count). The minimum atomic E-state index is -0.345. The number of benzene rings is 1. The first-order valence-electron chi connectivity index (χ1n) is 11.3. The van der Waals surface area contributed by atoms with E-state index in [0.29, 0.717) is 24.4 Å². The molecule has 0 unspecified atom stereocenters. The molecule has 0 saturated carbocycles. The lowest BCUT2D eigenvalue weighted by molar-refractivity contribution is -0.140. The maximum absolute atomic E-state index is 12.5. The van der Waals surface area contributed by atoms with E-state index in [1.54, 1.807) is 0 Å². The molecule has 0 radical (unpaired) electrons. The summed E-state index contributed by atoms with van der Waals surface area (Å²) in [4.78, 5) is 28.7. The van der Waals surface area contributed by atoms with Crippen molar-refractivity contribution in [1.29, 1.82) is 0 Å². The highest BCUT2D eigenvalue weighted by Crippen LogP contribution is 2.50. The smallest absolute Gasteiger partial charge is 0.305 e. The molecule has 2 aromatic rings. The number of nitrogens with zero attached hydrogens (tertiary/aromatic N) is 1. The van der Waals surface area contributed by atoms with Crippen LogP contribution >= 0.6 is 0 Å². The van der Waals surface area contributed by atoms with E-state index in [2.05, 4.69) is 22.4 Å². The lowest BCUT2D eigenvalue weighted by Gasteiger charge is -2.26. The fourth-order valence-corrected chi connectivity index (χ4v) is 4.92. The summed E-state index contributed by atoms with van der Waals surface area (Å²) in [6, 6.07) is 8.22. The van der Waals surface area contributed by atoms with E-state index in [9.17, 15) is 9.59 Å². The Kier molecular flexibility index (Phi) is 6.38. The highest BCUT2D eigenvalue weighted by atomic mass is 16.5. The first-order chi connectivity index (χ1) is 15.2. The van der Waals surface area contributed by atoms with E-state index in [-0.39, 0.29) is 41.5 Å².